The van der Waals surface area contributed by atoms with Crippen molar-refractivity contribution in [2.45, 2.75) is 239 Å². The molecule has 0 saturated heterocycles. The molecule has 0 heterocycles. The number of hydrogen-bond donors (Lipinski definition) is 0. The van der Waals surface area contributed by atoms with Crippen LogP contribution in [0.3, 0.4) is 0 Å². The second kappa shape index (κ2) is 53.7. The summed E-state index contributed by atoms with van der Waals surface area (Å²) in [5, 5.41) is 0. The van der Waals surface area contributed by atoms with Gasteiger partial charge in [0.05, 0.1) is 0 Å². The number of rotatable bonds is 47. The molecule has 1 unspecified atom stereocenters. The molecule has 0 bridgehead atoms. The second-order valence-corrected chi connectivity index (χ2v) is 17.6. The van der Waals surface area contributed by atoms with Crippen molar-refractivity contribution >= 4 is 17.9 Å². The van der Waals surface area contributed by atoms with Gasteiger partial charge in [-0.25, -0.2) is 0 Å². The molecule has 0 saturated carbocycles. The summed E-state index contributed by atoms with van der Waals surface area (Å²) >= 11 is 0. The number of hydrogen-bond acceptors (Lipinski definition) is 6. The number of unbranched alkanes of at least 4 members (excludes halogenated alkanes) is 24. The average Bonchev–Trinajstić information content (AvgIpc) is 3.31. The molecule has 0 aliphatic rings. The Bertz CT molecular complexity index is 1370. The molecule has 1 atom stereocenters. The van der Waals surface area contributed by atoms with E-state index in [2.05, 4.69) is 51.2 Å². The number of carbonyl (C=O) groups excluding carboxylic acids is 3. The first-order chi connectivity index (χ1) is 32.5. The molecular weight excluding hydrogens is 817 g/mol. The van der Waals surface area contributed by atoms with E-state index in [0.29, 0.717) is 19.3 Å². The van der Waals surface area contributed by atoms with Crippen molar-refractivity contribution in [2.24, 2.45) is 0 Å². The van der Waals surface area contributed by atoms with Crippen molar-refractivity contribution in [3.63, 3.8) is 0 Å². The van der Waals surface area contributed by atoms with Crippen LogP contribution in [0.2, 0.25) is 0 Å². The minimum atomic E-state index is -0.819. The molecule has 0 aromatic rings. The van der Waals surface area contributed by atoms with E-state index in [1.165, 1.54) is 122 Å². The summed E-state index contributed by atoms with van der Waals surface area (Å²) in [6.45, 7) is 6.39. The molecule has 0 aromatic heterocycles. The number of carbonyl (C=O) groups is 3. The molecule has 0 fully saturated rings. The lowest BCUT2D eigenvalue weighted by Gasteiger charge is -2.18. The van der Waals surface area contributed by atoms with Crippen molar-refractivity contribution in [1.82, 2.24) is 0 Å². The van der Waals surface area contributed by atoms with Gasteiger partial charge >= 0.3 is 17.9 Å². The first-order valence-corrected chi connectivity index (χ1v) is 27.0. The summed E-state index contributed by atoms with van der Waals surface area (Å²) in [7, 11) is 0. The number of allylic oxidation sites excluding steroid dienone is 18. The molecule has 0 radical (unpaired) electrons. The average molecular weight is 915 g/mol. The van der Waals surface area contributed by atoms with Crippen LogP contribution in [0.4, 0.5) is 0 Å². The fraction of sp³-hybridized carbons (Fsp3) is 0.650. The Balaban J connectivity index is 4.54. The first kappa shape index (κ1) is 62.1. The Hall–Kier alpha value is -3.93. The van der Waals surface area contributed by atoms with E-state index in [1.807, 2.05) is 79.0 Å². The van der Waals surface area contributed by atoms with Gasteiger partial charge in [0.2, 0.25) is 0 Å². The SMILES string of the molecule is CC\C=C/C=C\C=C/C=C\C=C\C=C/C=C\CCCCCC(=O)OCC(COC(=O)CC/C=C\C/C=C\CCCCCCCC)OC(=O)CCCCCCCCCCCCCCCCCC. The van der Waals surface area contributed by atoms with E-state index >= 15 is 0 Å². The van der Waals surface area contributed by atoms with Gasteiger partial charge in [-0.05, 0) is 57.8 Å². The molecule has 0 aliphatic heterocycles. The second-order valence-electron chi connectivity index (χ2n) is 17.6. The Morgan fingerprint density at radius 3 is 1.15 bits per heavy atom. The van der Waals surface area contributed by atoms with Crippen LogP contribution in [0.25, 0.3) is 0 Å². The summed E-state index contributed by atoms with van der Waals surface area (Å²) in [5.74, 6) is -1.03. The lowest BCUT2D eigenvalue weighted by atomic mass is 10.0. The summed E-state index contributed by atoms with van der Waals surface area (Å²) in [4.78, 5) is 38.0. The summed E-state index contributed by atoms with van der Waals surface area (Å²) in [6.07, 6.45) is 72.2. The molecule has 6 heteroatoms. The van der Waals surface area contributed by atoms with Gasteiger partial charge in [-0.2, -0.15) is 0 Å². The number of esters is 3. The van der Waals surface area contributed by atoms with E-state index in [4.69, 9.17) is 14.2 Å². The summed E-state index contributed by atoms with van der Waals surface area (Å²) in [5.41, 5.74) is 0. The molecule has 0 amide bonds. The largest absolute Gasteiger partial charge is 0.462 e. The van der Waals surface area contributed by atoms with Gasteiger partial charge in [-0.3, -0.25) is 14.4 Å². The Labute approximate surface area is 406 Å². The van der Waals surface area contributed by atoms with Gasteiger partial charge in [0.25, 0.3) is 0 Å². The maximum absolute atomic E-state index is 12.8. The molecular formula is C60H98O6. The predicted molar refractivity (Wildman–Crippen MR) is 283 cm³/mol. The van der Waals surface area contributed by atoms with Crippen LogP contribution in [0.5, 0.6) is 0 Å². The highest BCUT2D eigenvalue weighted by molar-refractivity contribution is 5.71. The minimum absolute atomic E-state index is 0.119. The molecule has 6 nitrogen and oxygen atoms in total. The Morgan fingerprint density at radius 2 is 0.682 bits per heavy atom. The van der Waals surface area contributed by atoms with Crippen LogP contribution < -0.4 is 0 Å². The monoisotopic (exact) mass is 915 g/mol. The van der Waals surface area contributed by atoms with Crippen LogP contribution in [0, 0.1) is 0 Å². The van der Waals surface area contributed by atoms with Crippen LogP contribution in [-0.4, -0.2) is 37.2 Å². The van der Waals surface area contributed by atoms with Gasteiger partial charge in [0.15, 0.2) is 6.10 Å². The zero-order valence-corrected chi connectivity index (χ0v) is 42.7. The minimum Gasteiger partial charge on any atom is -0.462 e. The third-order valence-electron chi connectivity index (χ3n) is 11.2. The van der Waals surface area contributed by atoms with Gasteiger partial charge < -0.3 is 14.2 Å². The summed E-state index contributed by atoms with van der Waals surface area (Å²) in [6, 6.07) is 0. The highest BCUT2D eigenvalue weighted by Crippen LogP contribution is 2.15. The highest BCUT2D eigenvalue weighted by atomic mass is 16.6. The standard InChI is InChI=1S/C60H98O6/c1-4-7-10-13-16-19-22-25-27-29-30-31-33-35-38-41-44-47-50-53-59(62)65-56-57(55-64-58(61)52-49-46-43-40-37-34-24-21-18-15-12-9-6-3)66-60(63)54-51-48-45-42-39-36-32-28-26-23-20-17-14-11-8-5-2/h7,10,13,16,19,22,25,27,29-31,33-35,37-38,43,46,57H,4-6,8-9,11-12,14-15,17-18,20-21,23-24,26,28,32,36,39-42,44-45,47-56H2,1-3H3/b10-7-,16-13-,22-19-,27-25-,30-29+,33-31-,37-34-,38-35-,46-43-. The molecule has 0 aromatic carbocycles. The lowest BCUT2D eigenvalue weighted by molar-refractivity contribution is -0.166. The zero-order chi connectivity index (χ0) is 47.9. The third kappa shape index (κ3) is 51.1. The molecule has 0 rings (SSSR count). The van der Waals surface area contributed by atoms with E-state index in [0.717, 1.165) is 64.2 Å². The lowest BCUT2D eigenvalue weighted by Crippen LogP contribution is -2.30. The smallest absolute Gasteiger partial charge is 0.306 e. The van der Waals surface area contributed by atoms with E-state index < -0.39 is 6.10 Å². The topological polar surface area (TPSA) is 78.9 Å². The van der Waals surface area contributed by atoms with E-state index in [1.54, 1.807) is 0 Å². The quantitative estimate of drug-likeness (QED) is 0.0199. The number of ether oxygens (including phenoxy) is 3. The molecule has 66 heavy (non-hydrogen) atoms. The fourth-order valence-corrected chi connectivity index (χ4v) is 7.18. The van der Waals surface area contributed by atoms with Crippen molar-refractivity contribution in [2.75, 3.05) is 13.2 Å². The first-order valence-electron chi connectivity index (χ1n) is 27.0. The van der Waals surface area contributed by atoms with Gasteiger partial charge in [0, 0.05) is 19.3 Å². The van der Waals surface area contributed by atoms with E-state index in [-0.39, 0.29) is 37.5 Å². The van der Waals surface area contributed by atoms with Crippen LogP contribution in [0.15, 0.2) is 109 Å². The summed E-state index contributed by atoms with van der Waals surface area (Å²) < 4.78 is 16.7. The highest BCUT2D eigenvalue weighted by Gasteiger charge is 2.19. The zero-order valence-electron chi connectivity index (χ0n) is 42.7. The molecule has 0 N–H and O–H groups in total. The Morgan fingerprint density at radius 1 is 0.333 bits per heavy atom. The third-order valence-corrected chi connectivity index (χ3v) is 11.2. The van der Waals surface area contributed by atoms with Crippen LogP contribution in [0.1, 0.15) is 233 Å². The van der Waals surface area contributed by atoms with Crippen molar-refractivity contribution < 1.29 is 28.6 Å². The van der Waals surface area contributed by atoms with Crippen molar-refractivity contribution in [3.05, 3.63) is 109 Å². The van der Waals surface area contributed by atoms with Gasteiger partial charge in [-0.1, -0.05) is 265 Å². The van der Waals surface area contributed by atoms with Crippen LogP contribution in [-0.2, 0) is 28.6 Å². The van der Waals surface area contributed by atoms with Crippen LogP contribution >= 0.6 is 0 Å². The Kier molecular flexibility index (Phi) is 50.5. The van der Waals surface area contributed by atoms with Gasteiger partial charge in [-0.15, -0.1) is 0 Å². The molecule has 0 spiro atoms. The molecule has 374 valence electrons. The maximum Gasteiger partial charge on any atom is 0.306 e. The van der Waals surface area contributed by atoms with Gasteiger partial charge in [0.1, 0.15) is 13.2 Å². The van der Waals surface area contributed by atoms with Crippen molar-refractivity contribution in [1.29, 1.82) is 0 Å². The van der Waals surface area contributed by atoms with Crippen molar-refractivity contribution in [3.8, 4) is 0 Å². The predicted octanol–water partition coefficient (Wildman–Crippen LogP) is 17.9. The maximum atomic E-state index is 12.8. The molecule has 0 aliphatic carbocycles. The fourth-order valence-electron chi connectivity index (χ4n) is 7.18. The van der Waals surface area contributed by atoms with E-state index in [9.17, 15) is 14.4 Å². The normalized spacial score (nSPS) is 13.0.